The summed E-state index contributed by atoms with van der Waals surface area (Å²) in [5.74, 6) is -4.33. The Labute approximate surface area is 340 Å². The van der Waals surface area contributed by atoms with Crippen LogP contribution < -0.4 is 10.2 Å². The number of hydrogen-bond acceptors (Lipinski definition) is 8. The van der Waals surface area contributed by atoms with Crippen LogP contribution in [0.15, 0.2) is 104 Å². The lowest BCUT2D eigenvalue weighted by Crippen LogP contribution is -2.57. The van der Waals surface area contributed by atoms with Crippen LogP contribution in [0.4, 0.5) is 5.69 Å². The van der Waals surface area contributed by atoms with E-state index in [1.54, 1.807) is 72.8 Å². The van der Waals surface area contributed by atoms with Crippen LogP contribution >= 0.6 is 27.5 Å². The first-order chi connectivity index (χ1) is 27.0. The van der Waals surface area contributed by atoms with Crippen molar-refractivity contribution in [3.63, 3.8) is 0 Å². The highest BCUT2D eigenvalue weighted by molar-refractivity contribution is 9.09. The molecule has 6 rings (SSSR count). The monoisotopic (exact) mass is 847 g/mol. The molecule has 3 heterocycles. The number of hydrogen-bond donors (Lipinski definition) is 2. The highest BCUT2D eigenvalue weighted by atomic mass is 79.9. The first-order valence-corrected chi connectivity index (χ1v) is 19.9. The Bertz CT molecular complexity index is 1910. The van der Waals surface area contributed by atoms with Crippen LogP contribution in [0.5, 0.6) is 0 Å². The number of nitrogens with zero attached hydrogens (tertiary/aromatic N) is 2. The molecular weight excluding hydrogens is 802 g/mol. The third-order valence-electron chi connectivity index (χ3n) is 11.0. The van der Waals surface area contributed by atoms with Gasteiger partial charge in [-0.25, -0.2) is 0 Å². The Morgan fingerprint density at radius 3 is 2.36 bits per heavy atom. The topological polar surface area (TPSA) is 135 Å². The summed E-state index contributed by atoms with van der Waals surface area (Å²) in [6.45, 7) is 9.01. The molecule has 3 aliphatic heterocycles. The first-order valence-electron chi connectivity index (χ1n) is 18.6. The second-order valence-corrected chi connectivity index (χ2v) is 16.0. The minimum atomic E-state index is -1.50. The number of benzene rings is 3. The van der Waals surface area contributed by atoms with Crippen LogP contribution in [0, 0.1) is 18.8 Å². The fourth-order valence-corrected chi connectivity index (χ4v) is 9.91. The summed E-state index contributed by atoms with van der Waals surface area (Å²) in [6, 6.07) is 20.2. The molecule has 3 aliphatic rings. The number of fused-ring (bicyclic) bond motifs is 1. The van der Waals surface area contributed by atoms with Crippen molar-refractivity contribution < 1.29 is 38.5 Å². The highest BCUT2D eigenvalue weighted by Gasteiger charge is 2.78. The zero-order valence-corrected chi connectivity index (χ0v) is 33.7. The van der Waals surface area contributed by atoms with Gasteiger partial charge in [0.15, 0.2) is 0 Å². The fourth-order valence-electron chi connectivity index (χ4n) is 8.64. The van der Waals surface area contributed by atoms with Crippen LogP contribution in [0.25, 0.3) is 0 Å². The maximum atomic E-state index is 15.3. The summed E-state index contributed by atoms with van der Waals surface area (Å²) in [4.78, 5) is 60.8. The molecule has 1 spiro atoms. The Morgan fingerprint density at radius 1 is 1.07 bits per heavy atom. The summed E-state index contributed by atoms with van der Waals surface area (Å²) < 4.78 is 18.7. The van der Waals surface area contributed by atoms with Crippen molar-refractivity contribution in [3.8, 4) is 0 Å². The third-order valence-corrected chi connectivity index (χ3v) is 12.1. The molecule has 3 amide bonds. The van der Waals surface area contributed by atoms with E-state index in [-0.39, 0.29) is 31.9 Å². The van der Waals surface area contributed by atoms with Crippen molar-refractivity contribution in [2.45, 2.75) is 66.9 Å². The van der Waals surface area contributed by atoms with E-state index in [4.69, 9.17) is 25.8 Å². The van der Waals surface area contributed by atoms with Crippen molar-refractivity contribution in [1.82, 2.24) is 10.2 Å². The Balaban J connectivity index is 1.44. The van der Waals surface area contributed by atoms with Gasteiger partial charge in [0.1, 0.15) is 17.7 Å². The number of methoxy groups -OCH3 is 1. The van der Waals surface area contributed by atoms with E-state index >= 15 is 9.59 Å². The number of aryl methyl sites for hydroxylation is 1. The molecule has 0 saturated carbocycles. The van der Waals surface area contributed by atoms with Crippen LogP contribution in [-0.4, -0.2) is 89.2 Å². The number of likely N-dealkylation sites (tertiary alicyclic amines) is 1. The minimum absolute atomic E-state index is 0.0187. The molecule has 0 aliphatic carbocycles. The molecule has 296 valence electrons. The lowest BCUT2D eigenvalue weighted by molar-refractivity contribution is -0.163. The zero-order valence-electron chi connectivity index (χ0n) is 31.4. The molecule has 3 fully saturated rings. The van der Waals surface area contributed by atoms with Gasteiger partial charge in [-0.05, 0) is 42.5 Å². The molecule has 56 heavy (non-hydrogen) atoms. The number of para-hydroxylation sites is 1. The second-order valence-electron chi connectivity index (χ2n) is 14.4. The van der Waals surface area contributed by atoms with Gasteiger partial charge in [-0.3, -0.25) is 19.2 Å². The van der Waals surface area contributed by atoms with Crippen LogP contribution in [-0.2, 0) is 33.4 Å². The van der Waals surface area contributed by atoms with Gasteiger partial charge in [0.2, 0.25) is 11.8 Å². The first kappa shape index (κ1) is 41.3. The number of anilines is 1. The highest BCUT2D eigenvalue weighted by Crippen LogP contribution is 2.62. The molecule has 13 heteroatoms. The molecule has 3 aromatic rings. The largest absolute Gasteiger partial charge is 0.455 e. The van der Waals surface area contributed by atoms with Crippen molar-refractivity contribution >= 4 is 56.9 Å². The van der Waals surface area contributed by atoms with E-state index in [9.17, 15) is 14.7 Å². The van der Waals surface area contributed by atoms with Gasteiger partial charge in [0, 0.05) is 24.9 Å². The van der Waals surface area contributed by atoms with Crippen molar-refractivity contribution in [2.75, 3.05) is 31.8 Å². The zero-order chi connectivity index (χ0) is 40.1. The number of rotatable bonds is 17. The number of halogens is 2. The van der Waals surface area contributed by atoms with Gasteiger partial charge in [-0.1, -0.05) is 112 Å². The van der Waals surface area contributed by atoms with Crippen molar-refractivity contribution in [2.24, 2.45) is 11.8 Å². The molecule has 3 saturated heterocycles. The van der Waals surface area contributed by atoms with E-state index in [1.165, 1.54) is 16.9 Å². The summed E-state index contributed by atoms with van der Waals surface area (Å²) in [5.41, 5.74) is 0.888. The van der Waals surface area contributed by atoms with Gasteiger partial charge >= 0.3 is 5.97 Å². The SMILES string of the molecule is C=CCCC(=O)N[C@H](COC)[C@H](OC(=O)[C@@H]1[C@H]2O[C@@]3(CC2Br)[C@H](C(=O)N(CC=C)c2c(C)cccc2Cl)N([C@H](CO)c2ccccc2)C(=O)[C@@H]13)c1ccccc1. The molecule has 11 nitrogen and oxygen atoms in total. The molecule has 1 unspecified atom stereocenters. The number of esters is 1. The number of carbonyl (C=O) groups is 4. The molecule has 9 atom stereocenters. The van der Waals surface area contributed by atoms with Crippen molar-refractivity contribution in [3.05, 3.63) is 126 Å². The van der Waals surface area contributed by atoms with E-state index in [0.717, 1.165) is 5.56 Å². The number of amides is 3. The number of allylic oxidation sites excluding steroid dienone is 1. The average Bonchev–Trinajstić information content (AvgIpc) is 3.79. The smallest absolute Gasteiger partial charge is 0.313 e. The maximum Gasteiger partial charge on any atom is 0.313 e. The van der Waals surface area contributed by atoms with Crippen LogP contribution in [0.3, 0.4) is 0 Å². The predicted octanol–water partition coefficient (Wildman–Crippen LogP) is 6.03. The van der Waals surface area contributed by atoms with Gasteiger partial charge < -0.3 is 34.4 Å². The maximum absolute atomic E-state index is 15.3. The quantitative estimate of drug-likeness (QED) is 0.0957. The van der Waals surface area contributed by atoms with E-state index in [0.29, 0.717) is 28.3 Å². The lowest BCUT2D eigenvalue weighted by atomic mass is 9.70. The van der Waals surface area contributed by atoms with Crippen molar-refractivity contribution in [1.29, 1.82) is 0 Å². The molecule has 2 N–H and O–H groups in total. The standard InChI is InChI=1S/C43H47BrClN3O8/c1-5-7-21-33(50)46-31(25-54-4)37(28-18-12-9-13-19-28)55-42(53)34-35-40(51)48(32(24-49)27-16-10-8-11-17-27)39(43(35)23-29(44)38(34)56-43)41(52)47(22-6-2)36-26(3)15-14-20-30(36)45/h5-6,8-20,29,31-32,34-35,37-39,49H,1-2,7,21-25H2,3-4H3,(H,46,50)/t29?,31-,32-,34+,35-,37-,38+,39+,43-/m1/s1. The van der Waals surface area contributed by atoms with E-state index in [2.05, 4.69) is 34.4 Å². The summed E-state index contributed by atoms with van der Waals surface area (Å²) >= 11 is 10.5. The molecule has 0 aromatic heterocycles. The Hall–Kier alpha value is -4.33. The molecule has 0 radical (unpaired) electrons. The summed E-state index contributed by atoms with van der Waals surface area (Å²) in [6.07, 6.45) is 2.22. The fraction of sp³-hybridized carbons (Fsp3) is 0.395. The van der Waals surface area contributed by atoms with Gasteiger partial charge in [0.25, 0.3) is 5.91 Å². The predicted molar refractivity (Wildman–Crippen MR) is 216 cm³/mol. The van der Waals surface area contributed by atoms with E-state index < -0.39 is 77.0 Å². The van der Waals surface area contributed by atoms with Gasteiger partial charge in [-0.15, -0.1) is 13.2 Å². The van der Waals surface area contributed by atoms with Crippen LogP contribution in [0.1, 0.15) is 48.1 Å². The second kappa shape index (κ2) is 17.9. The summed E-state index contributed by atoms with van der Waals surface area (Å²) in [5, 5.41) is 14.3. The third kappa shape index (κ3) is 7.69. The van der Waals surface area contributed by atoms with Gasteiger partial charge in [-0.2, -0.15) is 0 Å². The number of aliphatic hydroxyl groups is 1. The van der Waals surface area contributed by atoms with Gasteiger partial charge in [0.05, 0.1) is 53.9 Å². The minimum Gasteiger partial charge on any atom is -0.455 e. The lowest BCUT2D eigenvalue weighted by Gasteiger charge is -2.40. The molecule has 2 bridgehead atoms. The number of ether oxygens (including phenoxy) is 3. The summed E-state index contributed by atoms with van der Waals surface area (Å²) in [7, 11) is 1.49. The van der Waals surface area contributed by atoms with Crippen LogP contribution in [0.2, 0.25) is 5.02 Å². The van der Waals surface area contributed by atoms with E-state index in [1.807, 2.05) is 25.1 Å². The molecular formula is C43H47BrClN3O8. The number of nitrogens with one attached hydrogen (secondary N) is 1. The normalized spacial score (nSPS) is 25.2. The number of carbonyl (C=O) groups excluding carboxylic acids is 4. The Kier molecular flexibility index (Phi) is 13.2. The average molecular weight is 849 g/mol. The molecule has 3 aromatic carbocycles. The number of aliphatic hydroxyl groups excluding tert-OH is 1. The number of alkyl halides is 1. The Morgan fingerprint density at radius 2 is 1.75 bits per heavy atom.